The fraction of sp³-hybridized carbons (Fsp3) is 0.438. The molecule has 1 amide bonds. The molecule has 1 N–H and O–H groups in total. The molecule has 1 aromatic carbocycles. The first-order valence-electron chi connectivity index (χ1n) is 7.01. The molecular formula is C16H22N2O3. The number of benzene rings is 1. The first-order valence-corrected chi connectivity index (χ1v) is 7.01. The number of hydrogen-bond acceptors (Lipinski definition) is 4. The molecule has 1 heterocycles. The van der Waals surface area contributed by atoms with Crippen LogP contribution in [-0.4, -0.2) is 31.4 Å². The minimum Gasteiger partial charge on any atom is -0.461 e. The van der Waals surface area contributed by atoms with Crippen molar-refractivity contribution >= 4 is 16.9 Å². The van der Waals surface area contributed by atoms with Gasteiger partial charge in [0.25, 0.3) is 0 Å². The van der Waals surface area contributed by atoms with Gasteiger partial charge in [-0.25, -0.2) is 5.48 Å². The van der Waals surface area contributed by atoms with Gasteiger partial charge in [-0.15, -0.1) is 0 Å². The maximum atomic E-state index is 10.8. The van der Waals surface area contributed by atoms with Crippen LogP contribution in [0, 0.1) is 6.92 Å². The van der Waals surface area contributed by atoms with Crippen LogP contribution >= 0.6 is 0 Å². The molecule has 2 rings (SSSR count). The second-order valence-electron chi connectivity index (χ2n) is 5.47. The second kappa shape index (κ2) is 6.74. The molecule has 0 bridgehead atoms. The number of hydroxylamine groups is 1. The third-order valence-electron chi connectivity index (χ3n) is 3.32. The molecule has 0 atom stereocenters. The van der Waals surface area contributed by atoms with Crippen molar-refractivity contribution in [3.63, 3.8) is 0 Å². The molecule has 2 aromatic rings. The fourth-order valence-corrected chi connectivity index (χ4v) is 2.28. The Hall–Kier alpha value is -1.85. The molecule has 0 fully saturated rings. The zero-order valence-corrected chi connectivity index (χ0v) is 13.0. The molecule has 114 valence electrons. The number of aryl methyl sites for hydroxylation is 1. The topological polar surface area (TPSA) is 54.7 Å². The van der Waals surface area contributed by atoms with Crippen LogP contribution in [0.3, 0.4) is 0 Å². The van der Waals surface area contributed by atoms with E-state index in [-0.39, 0.29) is 5.91 Å². The number of furan rings is 1. The molecule has 5 heteroatoms. The summed E-state index contributed by atoms with van der Waals surface area (Å²) in [6.45, 7) is 4.73. The van der Waals surface area contributed by atoms with E-state index >= 15 is 0 Å². The van der Waals surface area contributed by atoms with Crippen molar-refractivity contribution < 1.29 is 14.0 Å². The molecule has 1 aromatic heterocycles. The van der Waals surface area contributed by atoms with Crippen molar-refractivity contribution in [2.45, 2.75) is 26.9 Å². The second-order valence-corrected chi connectivity index (χ2v) is 5.47. The van der Waals surface area contributed by atoms with Crippen LogP contribution in [0.2, 0.25) is 0 Å². The Balaban J connectivity index is 2.19. The van der Waals surface area contributed by atoms with Crippen molar-refractivity contribution in [3.8, 4) is 0 Å². The minimum atomic E-state index is -0.207. The smallest absolute Gasteiger partial charge is 0.240 e. The van der Waals surface area contributed by atoms with E-state index in [9.17, 15) is 4.79 Å². The Kier molecular flexibility index (Phi) is 4.98. The number of nitrogens with one attached hydrogen (secondary N) is 1. The number of rotatable bonds is 6. The predicted octanol–water partition coefficient (Wildman–Crippen LogP) is 2.41. The lowest BCUT2D eigenvalue weighted by Crippen LogP contribution is -2.19. The summed E-state index contributed by atoms with van der Waals surface area (Å²) >= 11 is 0. The lowest BCUT2D eigenvalue weighted by atomic mass is 10.1. The number of nitrogens with zero attached hydrogens (tertiary/aromatic N) is 1. The SMILES string of the molecule is CC(=O)NOCc1ccc2oc(C)c(CCN(C)C)c2c1. The number of carbonyl (C=O) groups excluding carboxylic acids is 1. The van der Waals surface area contributed by atoms with E-state index in [4.69, 9.17) is 9.25 Å². The maximum absolute atomic E-state index is 10.8. The van der Waals surface area contributed by atoms with Gasteiger partial charge in [-0.1, -0.05) is 6.07 Å². The van der Waals surface area contributed by atoms with Crippen LogP contribution in [-0.2, 0) is 22.7 Å². The summed E-state index contributed by atoms with van der Waals surface area (Å²) in [5.74, 6) is 0.758. The summed E-state index contributed by atoms with van der Waals surface area (Å²) in [4.78, 5) is 18.1. The van der Waals surface area contributed by atoms with Crippen LogP contribution in [0.1, 0.15) is 23.8 Å². The highest BCUT2D eigenvalue weighted by Gasteiger charge is 2.12. The quantitative estimate of drug-likeness (QED) is 0.830. The van der Waals surface area contributed by atoms with E-state index in [1.807, 2.05) is 19.1 Å². The minimum absolute atomic E-state index is 0.207. The molecule has 0 aliphatic carbocycles. The summed E-state index contributed by atoms with van der Waals surface area (Å²) in [5, 5.41) is 1.12. The molecular weight excluding hydrogens is 268 g/mol. The molecule has 0 aliphatic heterocycles. The van der Waals surface area contributed by atoms with Gasteiger partial charge in [-0.3, -0.25) is 9.63 Å². The van der Waals surface area contributed by atoms with Gasteiger partial charge in [0.1, 0.15) is 11.3 Å². The van der Waals surface area contributed by atoms with E-state index in [1.54, 1.807) is 0 Å². The summed E-state index contributed by atoms with van der Waals surface area (Å²) < 4.78 is 5.80. The Morgan fingerprint density at radius 3 is 2.81 bits per heavy atom. The number of likely N-dealkylation sites (N-methyl/N-ethyl adjacent to an activating group) is 1. The summed E-state index contributed by atoms with van der Waals surface area (Å²) in [7, 11) is 4.12. The van der Waals surface area contributed by atoms with Crippen LogP contribution in [0.5, 0.6) is 0 Å². The standard InChI is InChI=1S/C16H22N2O3/c1-11-14(7-8-18(3)4)15-9-13(5-6-16(15)21-11)10-20-17-12(2)19/h5-6,9H,7-8,10H2,1-4H3,(H,17,19). The zero-order valence-electron chi connectivity index (χ0n) is 13.0. The number of amides is 1. The Morgan fingerprint density at radius 1 is 1.38 bits per heavy atom. The molecule has 0 aliphatic rings. The highest BCUT2D eigenvalue weighted by molar-refractivity contribution is 5.83. The monoisotopic (exact) mass is 290 g/mol. The highest BCUT2D eigenvalue weighted by Crippen LogP contribution is 2.27. The van der Waals surface area contributed by atoms with Crippen molar-refractivity contribution in [3.05, 3.63) is 35.1 Å². The molecule has 0 saturated heterocycles. The number of hydrogen-bond donors (Lipinski definition) is 1. The average Bonchev–Trinajstić information content (AvgIpc) is 2.71. The molecule has 0 unspecified atom stereocenters. The van der Waals surface area contributed by atoms with E-state index in [1.165, 1.54) is 12.5 Å². The van der Waals surface area contributed by atoms with Crippen LogP contribution in [0.25, 0.3) is 11.0 Å². The molecule has 0 saturated carbocycles. The van der Waals surface area contributed by atoms with Gasteiger partial charge in [0.05, 0.1) is 6.61 Å². The Bertz CT molecular complexity index is 632. The summed E-state index contributed by atoms with van der Waals surface area (Å²) in [6, 6.07) is 5.97. The van der Waals surface area contributed by atoms with Gasteiger partial charge in [0.15, 0.2) is 0 Å². The third-order valence-corrected chi connectivity index (χ3v) is 3.32. The first kappa shape index (κ1) is 15.5. The largest absolute Gasteiger partial charge is 0.461 e. The molecule has 5 nitrogen and oxygen atoms in total. The molecule has 21 heavy (non-hydrogen) atoms. The first-order chi connectivity index (χ1) is 9.97. The Labute approximate surface area is 124 Å². The fourth-order valence-electron chi connectivity index (χ4n) is 2.28. The predicted molar refractivity (Wildman–Crippen MR) is 81.8 cm³/mol. The number of carbonyl (C=O) groups is 1. The summed E-state index contributed by atoms with van der Waals surface area (Å²) in [6.07, 6.45) is 0.946. The van der Waals surface area contributed by atoms with Gasteiger partial charge in [-0.05, 0) is 45.1 Å². The van der Waals surface area contributed by atoms with E-state index in [2.05, 4.69) is 30.5 Å². The van der Waals surface area contributed by atoms with Gasteiger partial charge in [0, 0.05) is 24.4 Å². The zero-order chi connectivity index (χ0) is 15.4. The van der Waals surface area contributed by atoms with Crippen molar-refractivity contribution in [2.75, 3.05) is 20.6 Å². The van der Waals surface area contributed by atoms with Crippen LogP contribution in [0.4, 0.5) is 0 Å². The number of fused-ring (bicyclic) bond motifs is 1. The van der Waals surface area contributed by atoms with Crippen molar-refractivity contribution in [1.82, 2.24) is 10.4 Å². The maximum Gasteiger partial charge on any atom is 0.240 e. The van der Waals surface area contributed by atoms with E-state index < -0.39 is 0 Å². The third kappa shape index (κ3) is 4.06. The van der Waals surface area contributed by atoms with E-state index in [0.717, 1.165) is 35.3 Å². The Morgan fingerprint density at radius 2 is 2.14 bits per heavy atom. The van der Waals surface area contributed by atoms with Crippen LogP contribution in [0.15, 0.2) is 22.6 Å². The lowest BCUT2D eigenvalue weighted by Gasteiger charge is -2.09. The van der Waals surface area contributed by atoms with Gasteiger partial charge in [0.2, 0.25) is 5.91 Å². The van der Waals surface area contributed by atoms with Gasteiger partial charge >= 0.3 is 0 Å². The summed E-state index contributed by atoms with van der Waals surface area (Å²) in [5.41, 5.74) is 5.47. The van der Waals surface area contributed by atoms with E-state index in [0.29, 0.717) is 6.61 Å². The van der Waals surface area contributed by atoms with Gasteiger partial charge in [-0.2, -0.15) is 0 Å². The highest BCUT2D eigenvalue weighted by atomic mass is 16.6. The lowest BCUT2D eigenvalue weighted by molar-refractivity contribution is -0.132. The average molecular weight is 290 g/mol. The van der Waals surface area contributed by atoms with Gasteiger partial charge < -0.3 is 9.32 Å². The molecule has 0 radical (unpaired) electrons. The van der Waals surface area contributed by atoms with Crippen molar-refractivity contribution in [1.29, 1.82) is 0 Å². The van der Waals surface area contributed by atoms with Crippen LogP contribution < -0.4 is 5.48 Å². The molecule has 0 spiro atoms. The van der Waals surface area contributed by atoms with Crippen molar-refractivity contribution in [2.24, 2.45) is 0 Å². The normalized spacial score (nSPS) is 11.3.